The van der Waals surface area contributed by atoms with Crippen molar-refractivity contribution < 1.29 is 9.59 Å². The van der Waals surface area contributed by atoms with E-state index in [-0.39, 0.29) is 29.9 Å². The van der Waals surface area contributed by atoms with Gasteiger partial charge in [-0.05, 0) is 23.5 Å². The summed E-state index contributed by atoms with van der Waals surface area (Å²) < 4.78 is 0. The third-order valence-electron chi connectivity index (χ3n) is 4.96. The van der Waals surface area contributed by atoms with Crippen LogP contribution < -0.4 is 0 Å². The van der Waals surface area contributed by atoms with Crippen molar-refractivity contribution in [2.45, 2.75) is 59.7 Å². The second-order valence-electron chi connectivity index (χ2n) is 8.29. The van der Waals surface area contributed by atoms with Gasteiger partial charge in [-0.25, -0.2) is 0 Å². The molecule has 0 aliphatic heterocycles. The van der Waals surface area contributed by atoms with E-state index in [4.69, 9.17) is 0 Å². The molecule has 0 unspecified atom stereocenters. The Bertz CT molecular complexity index is 696. The maximum absolute atomic E-state index is 13.2. The maximum Gasteiger partial charge on any atom is 0.157 e. The van der Waals surface area contributed by atoms with Crippen LogP contribution in [-0.2, 0) is 22.7 Å². The molecule has 28 heavy (non-hydrogen) atoms. The van der Waals surface area contributed by atoms with E-state index in [2.05, 4.69) is 43.0 Å². The lowest BCUT2D eigenvalue weighted by atomic mass is 9.93. The number of benzene rings is 2. The molecule has 0 saturated heterocycles. The highest BCUT2D eigenvalue weighted by Gasteiger charge is 2.29. The second kappa shape index (κ2) is 10.9. The van der Waals surface area contributed by atoms with Crippen LogP contribution in [0.5, 0.6) is 0 Å². The van der Waals surface area contributed by atoms with Crippen LogP contribution in [-0.4, -0.2) is 22.5 Å². The number of Topliss-reactive ketones (excluding diaryl/α,β-unsaturated/α-hetero) is 2. The fraction of sp³-hybridized carbons (Fsp3) is 0.440. The normalized spacial score (nSPS) is 12.5. The molecule has 0 N–H and O–H groups in total. The smallest absolute Gasteiger partial charge is 0.157 e. The Hall–Kier alpha value is -2.26. The maximum atomic E-state index is 13.2. The summed E-state index contributed by atoms with van der Waals surface area (Å²) in [5.41, 5.74) is 2.35. The summed E-state index contributed by atoms with van der Waals surface area (Å²) in [6.07, 6.45) is 0.777. The molecule has 0 aromatic heterocycles. The van der Waals surface area contributed by atoms with Crippen molar-refractivity contribution in [2.75, 3.05) is 0 Å². The van der Waals surface area contributed by atoms with Crippen LogP contribution in [0.1, 0.15) is 51.7 Å². The van der Waals surface area contributed by atoms with E-state index in [1.165, 1.54) is 11.1 Å². The number of carbonyl (C=O) groups is 2. The van der Waals surface area contributed by atoms with E-state index < -0.39 is 0 Å². The molecule has 0 aliphatic rings. The topological polar surface area (TPSA) is 37.4 Å². The Morgan fingerprint density at radius 1 is 0.750 bits per heavy atom. The van der Waals surface area contributed by atoms with Gasteiger partial charge in [0.2, 0.25) is 0 Å². The van der Waals surface area contributed by atoms with Gasteiger partial charge in [-0.15, -0.1) is 0 Å². The van der Waals surface area contributed by atoms with Crippen molar-refractivity contribution in [1.82, 2.24) is 4.90 Å². The zero-order valence-corrected chi connectivity index (χ0v) is 17.6. The zero-order valence-electron chi connectivity index (χ0n) is 17.6. The molecule has 0 fully saturated rings. The van der Waals surface area contributed by atoms with Crippen LogP contribution in [0.15, 0.2) is 60.7 Å². The van der Waals surface area contributed by atoms with Crippen molar-refractivity contribution in [1.29, 1.82) is 0 Å². The summed E-state index contributed by atoms with van der Waals surface area (Å²) in [7, 11) is 0. The highest BCUT2D eigenvalue weighted by atomic mass is 16.1. The molecule has 150 valence electrons. The van der Waals surface area contributed by atoms with Crippen molar-refractivity contribution in [2.24, 2.45) is 11.8 Å². The first-order valence-electron chi connectivity index (χ1n) is 10.2. The van der Waals surface area contributed by atoms with Gasteiger partial charge in [-0.1, -0.05) is 88.4 Å². The standard InChI is InChI=1S/C25H33NO2/c1-19(2)15-23(25(28)16-24(27)20(3)4)26(17-21-11-7-5-8-12-21)18-22-13-9-6-10-14-22/h5-14,19-20,23H,15-18H2,1-4H3/t23-/m0/s1. The summed E-state index contributed by atoms with van der Waals surface area (Å²) in [5, 5.41) is 0. The number of nitrogens with zero attached hydrogens (tertiary/aromatic N) is 1. The molecule has 1 atom stereocenters. The van der Waals surface area contributed by atoms with Crippen LogP contribution in [0.4, 0.5) is 0 Å². The van der Waals surface area contributed by atoms with Crippen LogP contribution >= 0.6 is 0 Å². The van der Waals surface area contributed by atoms with Crippen molar-refractivity contribution in [3.8, 4) is 0 Å². The molecule has 2 aromatic carbocycles. The summed E-state index contributed by atoms with van der Waals surface area (Å²) >= 11 is 0. The van der Waals surface area contributed by atoms with Gasteiger partial charge in [0, 0.05) is 19.0 Å². The van der Waals surface area contributed by atoms with E-state index in [1.807, 2.05) is 50.2 Å². The third kappa shape index (κ3) is 7.05. The Kier molecular flexibility index (Phi) is 8.59. The molecule has 0 saturated carbocycles. The van der Waals surface area contributed by atoms with E-state index >= 15 is 0 Å². The van der Waals surface area contributed by atoms with E-state index in [9.17, 15) is 9.59 Å². The lowest BCUT2D eigenvalue weighted by Gasteiger charge is -2.32. The molecule has 2 aromatic rings. The van der Waals surface area contributed by atoms with Crippen molar-refractivity contribution in [3.63, 3.8) is 0 Å². The van der Waals surface area contributed by atoms with Gasteiger partial charge in [0.1, 0.15) is 5.78 Å². The van der Waals surface area contributed by atoms with Crippen LogP contribution in [0, 0.1) is 11.8 Å². The second-order valence-corrected chi connectivity index (χ2v) is 8.29. The molecule has 0 spiro atoms. The Morgan fingerprint density at radius 3 is 1.61 bits per heavy atom. The average molecular weight is 380 g/mol. The van der Waals surface area contributed by atoms with Gasteiger partial charge >= 0.3 is 0 Å². The van der Waals surface area contributed by atoms with E-state index in [1.54, 1.807) is 0 Å². The van der Waals surface area contributed by atoms with Gasteiger partial charge in [-0.3, -0.25) is 14.5 Å². The highest BCUT2D eigenvalue weighted by Crippen LogP contribution is 2.21. The molecule has 2 rings (SSSR count). The largest absolute Gasteiger partial charge is 0.299 e. The fourth-order valence-electron chi connectivity index (χ4n) is 3.34. The minimum atomic E-state index is -0.261. The minimum absolute atomic E-state index is 0.0229. The van der Waals surface area contributed by atoms with Gasteiger partial charge in [0.15, 0.2) is 5.78 Å². The molecule has 3 heteroatoms. The van der Waals surface area contributed by atoms with Gasteiger partial charge in [-0.2, -0.15) is 0 Å². The Morgan fingerprint density at radius 2 is 1.21 bits per heavy atom. The van der Waals surface area contributed by atoms with Crippen LogP contribution in [0.3, 0.4) is 0 Å². The number of carbonyl (C=O) groups excluding carboxylic acids is 2. The summed E-state index contributed by atoms with van der Waals surface area (Å²) in [6, 6.07) is 20.2. The SMILES string of the molecule is CC(C)C[C@@H](C(=O)CC(=O)C(C)C)N(Cc1ccccc1)Cc1ccccc1. The average Bonchev–Trinajstić information content (AvgIpc) is 2.67. The molecular weight excluding hydrogens is 346 g/mol. The van der Waals surface area contributed by atoms with Crippen LogP contribution in [0.2, 0.25) is 0 Å². The van der Waals surface area contributed by atoms with Gasteiger partial charge in [0.05, 0.1) is 12.5 Å². The predicted molar refractivity (Wildman–Crippen MR) is 115 cm³/mol. The summed E-state index contributed by atoms with van der Waals surface area (Å²) in [5.74, 6) is 0.329. The molecule has 0 heterocycles. The first-order valence-corrected chi connectivity index (χ1v) is 10.2. The van der Waals surface area contributed by atoms with Crippen molar-refractivity contribution in [3.05, 3.63) is 71.8 Å². The zero-order chi connectivity index (χ0) is 20.5. The van der Waals surface area contributed by atoms with Crippen LogP contribution in [0.25, 0.3) is 0 Å². The lowest BCUT2D eigenvalue weighted by molar-refractivity contribution is -0.132. The van der Waals surface area contributed by atoms with Gasteiger partial charge in [0.25, 0.3) is 0 Å². The Labute approximate surface area is 169 Å². The number of hydrogen-bond donors (Lipinski definition) is 0. The molecule has 0 bridgehead atoms. The van der Waals surface area contributed by atoms with E-state index in [0.29, 0.717) is 19.0 Å². The number of rotatable bonds is 11. The highest BCUT2D eigenvalue weighted by molar-refractivity contribution is 6.02. The summed E-state index contributed by atoms with van der Waals surface area (Å²) in [4.78, 5) is 27.6. The molecule has 0 aliphatic carbocycles. The third-order valence-corrected chi connectivity index (χ3v) is 4.96. The molecule has 0 amide bonds. The molecule has 3 nitrogen and oxygen atoms in total. The van der Waals surface area contributed by atoms with Gasteiger partial charge < -0.3 is 0 Å². The number of ketones is 2. The lowest BCUT2D eigenvalue weighted by Crippen LogP contribution is -2.42. The first-order chi connectivity index (χ1) is 13.4. The fourth-order valence-corrected chi connectivity index (χ4v) is 3.34. The monoisotopic (exact) mass is 379 g/mol. The minimum Gasteiger partial charge on any atom is -0.299 e. The Balaban J connectivity index is 2.29. The van der Waals surface area contributed by atoms with Crippen molar-refractivity contribution >= 4 is 11.6 Å². The van der Waals surface area contributed by atoms with E-state index in [0.717, 1.165) is 6.42 Å². The predicted octanol–water partition coefficient (Wildman–Crippen LogP) is 5.29. The quantitative estimate of drug-likeness (QED) is 0.498. The molecule has 0 radical (unpaired) electrons. The first kappa shape index (κ1) is 22.0. The number of hydrogen-bond acceptors (Lipinski definition) is 3. The molecular formula is C25H33NO2. The summed E-state index contributed by atoms with van der Waals surface area (Å²) in [6.45, 7) is 9.36.